The highest BCUT2D eigenvalue weighted by molar-refractivity contribution is 6.32. The van der Waals surface area contributed by atoms with Crippen molar-refractivity contribution in [3.63, 3.8) is 0 Å². The number of piperidine rings is 1. The standard InChI is InChI=1S/C28H30ClN9O3/c1-30-28(40)33-19-6-4-18(5-7-19)24-34-25(36-13-15-41-16-14-36)22-17-32-38(26(22)35-24)20-8-11-37(12-9-20)27(39)21-3-2-10-31-23(21)29/h2-7,10,17,20H,8-9,11-16H2,1H3,(H2,30,33,40). The van der Waals surface area contributed by atoms with E-state index < -0.39 is 0 Å². The lowest BCUT2D eigenvalue weighted by atomic mass is 10.0. The summed E-state index contributed by atoms with van der Waals surface area (Å²) in [6, 6.07) is 10.6. The van der Waals surface area contributed by atoms with Crippen molar-refractivity contribution < 1.29 is 14.3 Å². The van der Waals surface area contributed by atoms with Gasteiger partial charge in [0.25, 0.3) is 5.91 Å². The molecule has 212 valence electrons. The molecule has 2 aliphatic rings. The molecule has 0 saturated carbocycles. The molecule has 2 saturated heterocycles. The molecular formula is C28H30ClN9O3. The summed E-state index contributed by atoms with van der Waals surface area (Å²) < 4.78 is 7.56. The summed E-state index contributed by atoms with van der Waals surface area (Å²) in [6.07, 6.45) is 4.87. The molecule has 41 heavy (non-hydrogen) atoms. The zero-order valence-electron chi connectivity index (χ0n) is 22.6. The normalized spacial score (nSPS) is 16.1. The van der Waals surface area contributed by atoms with Crippen LogP contribution < -0.4 is 15.5 Å². The van der Waals surface area contributed by atoms with Gasteiger partial charge in [-0.15, -0.1) is 0 Å². The molecule has 2 N–H and O–H groups in total. The minimum Gasteiger partial charge on any atom is -0.378 e. The van der Waals surface area contributed by atoms with Crippen LogP contribution in [0.3, 0.4) is 0 Å². The fourth-order valence-electron chi connectivity index (χ4n) is 5.25. The number of halogens is 1. The number of hydrogen-bond donors (Lipinski definition) is 2. The summed E-state index contributed by atoms with van der Waals surface area (Å²) in [5.74, 6) is 1.29. The Morgan fingerprint density at radius 1 is 1.02 bits per heavy atom. The first-order valence-electron chi connectivity index (χ1n) is 13.6. The summed E-state index contributed by atoms with van der Waals surface area (Å²) >= 11 is 6.18. The van der Waals surface area contributed by atoms with E-state index in [-0.39, 0.29) is 23.1 Å². The Kier molecular flexibility index (Phi) is 7.66. The van der Waals surface area contributed by atoms with Gasteiger partial charge in [0.2, 0.25) is 0 Å². The Bertz CT molecular complexity index is 1560. The van der Waals surface area contributed by atoms with Crippen LogP contribution in [0.4, 0.5) is 16.3 Å². The smallest absolute Gasteiger partial charge is 0.318 e. The molecule has 2 aliphatic heterocycles. The quantitative estimate of drug-likeness (QED) is 0.345. The first-order valence-corrected chi connectivity index (χ1v) is 14.0. The molecule has 0 bridgehead atoms. The first kappa shape index (κ1) is 26.9. The monoisotopic (exact) mass is 575 g/mol. The topological polar surface area (TPSA) is 130 Å². The Hall–Kier alpha value is -4.29. The number of carbonyl (C=O) groups is 2. The highest BCUT2D eigenvalue weighted by Gasteiger charge is 2.29. The number of benzene rings is 1. The van der Waals surface area contributed by atoms with Gasteiger partial charge in [0, 0.05) is 50.7 Å². The van der Waals surface area contributed by atoms with Crippen molar-refractivity contribution in [2.24, 2.45) is 0 Å². The molecule has 6 rings (SSSR count). The first-order chi connectivity index (χ1) is 20.0. The van der Waals surface area contributed by atoms with Gasteiger partial charge in [-0.05, 0) is 49.2 Å². The molecule has 5 heterocycles. The van der Waals surface area contributed by atoms with E-state index >= 15 is 0 Å². The van der Waals surface area contributed by atoms with Gasteiger partial charge in [0.05, 0.1) is 36.4 Å². The number of likely N-dealkylation sites (tertiary alicyclic amines) is 1. The number of amides is 3. The highest BCUT2D eigenvalue weighted by Crippen LogP contribution is 2.33. The number of nitrogens with one attached hydrogen (secondary N) is 2. The van der Waals surface area contributed by atoms with Crippen molar-refractivity contribution in [3.8, 4) is 11.4 Å². The summed E-state index contributed by atoms with van der Waals surface area (Å²) in [4.78, 5) is 42.8. The molecule has 3 amide bonds. The minimum atomic E-state index is -0.287. The van der Waals surface area contributed by atoms with Crippen LogP contribution in [-0.2, 0) is 4.74 Å². The Labute approximate surface area is 241 Å². The molecule has 0 atom stereocenters. The summed E-state index contributed by atoms with van der Waals surface area (Å²) in [7, 11) is 1.57. The van der Waals surface area contributed by atoms with Crippen LogP contribution in [0.2, 0.25) is 5.15 Å². The van der Waals surface area contributed by atoms with Crippen LogP contribution in [0, 0.1) is 0 Å². The van der Waals surface area contributed by atoms with Crippen LogP contribution >= 0.6 is 11.6 Å². The third-order valence-electron chi connectivity index (χ3n) is 7.46. The van der Waals surface area contributed by atoms with E-state index in [0.29, 0.717) is 43.4 Å². The third kappa shape index (κ3) is 5.52. The van der Waals surface area contributed by atoms with E-state index in [1.54, 1.807) is 25.4 Å². The number of pyridine rings is 1. The van der Waals surface area contributed by atoms with Gasteiger partial charge in [0.15, 0.2) is 11.5 Å². The van der Waals surface area contributed by atoms with Gasteiger partial charge in [-0.25, -0.2) is 24.4 Å². The average molecular weight is 576 g/mol. The second-order valence-electron chi connectivity index (χ2n) is 9.94. The lowest BCUT2D eigenvalue weighted by molar-refractivity contribution is 0.0691. The molecular weight excluding hydrogens is 546 g/mol. The molecule has 12 nitrogen and oxygen atoms in total. The lowest BCUT2D eigenvalue weighted by Gasteiger charge is -2.32. The SMILES string of the molecule is CNC(=O)Nc1ccc(-c2nc(N3CCOCC3)c3cnn(C4CCN(C(=O)c5cccnc5Cl)CC4)c3n2)cc1. The van der Waals surface area contributed by atoms with Gasteiger partial charge in [-0.3, -0.25) is 4.79 Å². The number of carbonyl (C=O) groups excluding carboxylic acids is 2. The predicted octanol–water partition coefficient (Wildman–Crippen LogP) is 3.61. The molecule has 1 aromatic carbocycles. The van der Waals surface area contributed by atoms with Crippen molar-refractivity contribution >= 4 is 46.1 Å². The van der Waals surface area contributed by atoms with Gasteiger partial charge in [-0.1, -0.05) is 11.6 Å². The van der Waals surface area contributed by atoms with E-state index in [1.165, 1.54) is 0 Å². The van der Waals surface area contributed by atoms with Gasteiger partial charge < -0.3 is 25.2 Å². The summed E-state index contributed by atoms with van der Waals surface area (Å²) in [6.45, 7) is 3.85. The molecule has 0 unspecified atom stereocenters. The number of anilines is 2. The fraction of sp³-hybridized carbons (Fsp3) is 0.357. The summed E-state index contributed by atoms with van der Waals surface area (Å²) in [5.41, 5.74) is 2.66. The largest absolute Gasteiger partial charge is 0.378 e. The van der Waals surface area contributed by atoms with Crippen LogP contribution in [-0.4, -0.2) is 88.0 Å². The Morgan fingerprint density at radius 2 is 1.78 bits per heavy atom. The van der Waals surface area contributed by atoms with E-state index in [1.807, 2.05) is 40.0 Å². The minimum absolute atomic E-state index is 0.0698. The van der Waals surface area contributed by atoms with E-state index in [9.17, 15) is 9.59 Å². The van der Waals surface area contributed by atoms with Gasteiger partial charge in [0.1, 0.15) is 11.0 Å². The maximum absolute atomic E-state index is 13.1. The second kappa shape index (κ2) is 11.7. The Balaban J connectivity index is 1.30. The summed E-state index contributed by atoms with van der Waals surface area (Å²) in [5, 5.41) is 11.2. The predicted molar refractivity (Wildman–Crippen MR) is 155 cm³/mol. The van der Waals surface area contributed by atoms with Gasteiger partial charge in [-0.2, -0.15) is 5.10 Å². The number of hydrogen-bond acceptors (Lipinski definition) is 8. The van der Waals surface area contributed by atoms with Crippen LogP contribution in [0.5, 0.6) is 0 Å². The molecule has 3 aromatic heterocycles. The molecule has 4 aromatic rings. The number of fused-ring (bicyclic) bond motifs is 1. The number of urea groups is 1. The maximum Gasteiger partial charge on any atom is 0.318 e. The number of ether oxygens (including phenoxy) is 1. The van der Waals surface area contributed by atoms with Crippen molar-refractivity contribution in [1.29, 1.82) is 0 Å². The number of aromatic nitrogens is 5. The zero-order valence-corrected chi connectivity index (χ0v) is 23.3. The van der Waals surface area contributed by atoms with Crippen LogP contribution in [0.25, 0.3) is 22.4 Å². The van der Waals surface area contributed by atoms with Crippen LogP contribution in [0.15, 0.2) is 48.8 Å². The number of morpholine rings is 1. The van der Waals surface area contributed by atoms with E-state index in [4.69, 9.17) is 31.4 Å². The van der Waals surface area contributed by atoms with Gasteiger partial charge >= 0.3 is 6.03 Å². The maximum atomic E-state index is 13.1. The number of rotatable bonds is 5. The van der Waals surface area contributed by atoms with E-state index in [0.717, 1.165) is 48.3 Å². The molecule has 0 radical (unpaired) electrons. The van der Waals surface area contributed by atoms with Crippen molar-refractivity contribution in [3.05, 3.63) is 59.5 Å². The van der Waals surface area contributed by atoms with Crippen LogP contribution in [0.1, 0.15) is 29.2 Å². The molecule has 13 heteroatoms. The average Bonchev–Trinajstić information content (AvgIpc) is 3.45. The zero-order chi connectivity index (χ0) is 28.3. The van der Waals surface area contributed by atoms with E-state index in [2.05, 4.69) is 20.5 Å². The Morgan fingerprint density at radius 3 is 2.49 bits per heavy atom. The highest BCUT2D eigenvalue weighted by atomic mass is 35.5. The van der Waals surface area contributed by atoms with Crippen molar-refractivity contribution in [2.45, 2.75) is 18.9 Å². The molecule has 0 spiro atoms. The second-order valence-corrected chi connectivity index (χ2v) is 10.3. The van der Waals surface area contributed by atoms with Crippen molar-refractivity contribution in [1.82, 2.24) is 34.9 Å². The third-order valence-corrected chi connectivity index (χ3v) is 7.76. The fourth-order valence-corrected chi connectivity index (χ4v) is 5.45. The molecule has 2 fully saturated rings. The number of nitrogens with zero attached hydrogens (tertiary/aromatic N) is 7. The lowest BCUT2D eigenvalue weighted by Crippen LogP contribution is -2.39. The molecule has 0 aliphatic carbocycles. The van der Waals surface area contributed by atoms with Crippen molar-refractivity contribution in [2.75, 3.05) is 56.7 Å².